The number of ether oxygens (including phenoxy) is 1. The van der Waals surface area contributed by atoms with Crippen molar-refractivity contribution < 1.29 is 22.7 Å². The predicted molar refractivity (Wildman–Crippen MR) is 130 cm³/mol. The Balaban J connectivity index is 1.86. The first kappa shape index (κ1) is 26.2. The molecule has 1 aromatic carbocycles. The van der Waals surface area contributed by atoms with Crippen molar-refractivity contribution in [3.63, 3.8) is 0 Å². The maximum Gasteiger partial charge on any atom is 0.389 e. The van der Waals surface area contributed by atoms with Gasteiger partial charge in [-0.25, -0.2) is 9.78 Å². The van der Waals surface area contributed by atoms with Gasteiger partial charge >= 0.3 is 12.2 Å². The number of halogens is 3. The summed E-state index contributed by atoms with van der Waals surface area (Å²) in [5, 5.41) is 2.77. The molecule has 7 nitrogen and oxygen atoms in total. The zero-order chi connectivity index (χ0) is 25.8. The molecule has 3 N–H and O–H groups in total. The number of nitrogens with zero attached hydrogens (tertiary/aromatic N) is 3. The van der Waals surface area contributed by atoms with Crippen LogP contribution in [0.4, 0.5) is 23.7 Å². The maximum atomic E-state index is 13.0. The molecule has 2 aromatic heterocycles. The van der Waals surface area contributed by atoms with Gasteiger partial charge < -0.3 is 25.1 Å². The first-order chi connectivity index (χ1) is 16.6. The van der Waals surface area contributed by atoms with Crippen molar-refractivity contribution in [1.82, 2.24) is 19.6 Å². The number of imidazole rings is 1. The summed E-state index contributed by atoms with van der Waals surface area (Å²) in [4.78, 5) is 18.9. The second-order valence-corrected chi connectivity index (χ2v) is 8.47. The van der Waals surface area contributed by atoms with Gasteiger partial charge in [-0.1, -0.05) is 13.0 Å². The van der Waals surface area contributed by atoms with Crippen LogP contribution in [-0.2, 0) is 0 Å². The summed E-state index contributed by atoms with van der Waals surface area (Å²) in [5.41, 5.74) is 9.84. The molecular weight excluding hydrogens is 459 g/mol. The molecule has 2 amide bonds. The van der Waals surface area contributed by atoms with Crippen LogP contribution in [-0.4, -0.2) is 46.2 Å². The number of carbonyl (C=O) groups excluding carboxylic acids is 1. The van der Waals surface area contributed by atoms with E-state index in [9.17, 15) is 18.0 Å². The summed E-state index contributed by atoms with van der Waals surface area (Å²) in [6.07, 6.45) is 0.461. The van der Waals surface area contributed by atoms with Gasteiger partial charge in [0.2, 0.25) is 0 Å². The molecule has 0 saturated heterocycles. The van der Waals surface area contributed by atoms with Crippen molar-refractivity contribution in [3.05, 3.63) is 48.4 Å². The number of amides is 2. The number of methoxy groups -OCH3 is 1. The highest BCUT2D eigenvalue weighted by molar-refractivity contribution is 5.79. The monoisotopic (exact) mass is 491 g/mol. The van der Waals surface area contributed by atoms with Crippen molar-refractivity contribution >= 4 is 17.4 Å². The number of anilines is 1. The lowest BCUT2D eigenvalue weighted by Crippen LogP contribution is -2.45. The zero-order valence-corrected chi connectivity index (χ0v) is 20.4. The number of benzene rings is 1. The molecule has 0 saturated carbocycles. The first-order valence-corrected chi connectivity index (χ1v) is 11.6. The molecule has 10 heteroatoms. The normalized spacial score (nSPS) is 13.5. The van der Waals surface area contributed by atoms with Gasteiger partial charge in [-0.15, -0.1) is 0 Å². The van der Waals surface area contributed by atoms with E-state index in [1.54, 1.807) is 31.3 Å². The number of rotatable bonds is 9. The number of hydrogen-bond donors (Lipinski definition) is 2. The molecule has 0 fully saturated rings. The number of carbonyl (C=O) groups is 1. The van der Waals surface area contributed by atoms with Gasteiger partial charge in [0, 0.05) is 48.7 Å². The van der Waals surface area contributed by atoms with Crippen LogP contribution in [0.2, 0.25) is 0 Å². The number of urea groups is 1. The molecule has 2 atom stereocenters. The van der Waals surface area contributed by atoms with Crippen LogP contribution in [0, 0.1) is 0 Å². The molecule has 0 radical (unpaired) electrons. The van der Waals surface area contributed by atoms with Gasteiger partial charge in [0.05, 0.1) is 18.8 Å². The minimum Gasteiger partial charge on any atom is -0.496 e. The van der Waals surface area contributed by atoms with E-state index in [1.165, 1.54) is 0 Å². The van der Waals surface area contributed by atoms with E-state index in [0.717, 1.165) is 16.7 Å². The molecular formula is C25H32F3N5O2. The number of fused-ring (bicyclic) bond motifs is 1. The summed E-state index contributed by atoms with van der Waals surface area (Å²) in [6, 6.07) is 6.20. The summed E-state index contributed by atoms with van der Waals surface area (Å²) in [7, 11) is 1.58. The largest absolute Gasteiger partial charge is 0.496 e. The van der Waals surface area contributed by atoms with E-state index in [1.807, 2.05) is 48.7 Å². The standard InChI is InChI=1S/C25H32F3N5O2/c1-5-19(9-10-25(26,27)28)31-24(34)33(6-2)16(3)17-7-8-22(35-4)20(13-17)18-14-21(29)23-30-11-12-32(23)15-18/h7-8,11-16,19H,5-6,9-10,29H2,1-4H3,(H,31,34). The van der Waals surface area contributed by atoms with Gasteiger partial charge in [-0.3, -0.25) is 0 Å². The molecule has 0 aliphatic heterocycles. The number of nitrogen functional groups attached to an aromatic ring is 1. The fourth-order valence-corrected chi connectivity index (χ4v) is 4.17. The lowest BCUT2D eigenvalue weighted by atomic mass is 9.99. The highest BCUT2D eigenvalue weighted by Crippen LogP contribution is 2.35. The predicted octanol–water partition coefficient (Wildman–Crippen LogP) is 5.81. The first-order valence-electron chi connectivity index (χ1n) is 11.6. The van der Waals surface area contributed by atoms with E-state index in [2.05, 4.69) is 10.3 Å². The number of aromatic nitrogens is 2. The van der Waals surface area contributed by atoms with Crippen LogP contribution in [0.1, 0.15) is 51.6 Å². The smallest absolute Gasteiger partial charge is 0.389 e. The van der Waals surface area contributed by atoms with Gasteiger partial charge in [-0.2, -0.15) is 13.2 Å². The summed E-state index contributed by atoms with van der Waals surface area (Å²) in [6.45, 7) is 5.88. The Bertz CT molecular complexity index is 1160. The van der Waals surface area contributed by atoms with Crippen molar-refractivity contribution in [2.45, 2.75) is 58.3 Å². The number of nitrogens with one attached hydrogen (secondary N) is 1. The minimum absolute atomic E-state index is 0.150. The van der Waals surface area contributed by atoms with Crippen molar-refractivity contribution in [1.29, 1.82) is 0 Å². The van der Waals surface area contributed by atoms with E-state index in [0.29, 0.717) is 30.0 Å². The number of hydrogen-bond acceptors (Lipinski definition) is 4. The molecule has 0 aliphatic carbocycles. The third-order valence-corrected chi connectivity index (χ3v) is 6.20. The van der Waals surface area contributed by atoms with E-state index in [-0.39, 0.29) is 12.5 Å². The summed E-state index contributed by atoms with van der Waals surface area (Å²) >= 11 is 0. The summed E-state index contributed by atoms with van der Waals surface area (Å²) in [5.74, 6) is 0.644. The number of nitrogens with two attached hydrogens (primary N) is 1. The van der Waals surface area contributed by atoms with Gasteiger partial charge in [0.25, 0.3) is 0 Å². The molecule has 3 rings (SSSR count). The van der Waals surface area contributed by atoms with Gasteiger partial charge in [0.15, 0.2) is 5.65 Å². The molecule has 0 aliphatic rings. The Morgan fingerprint density at radius 1 is 1.29 bits per heavy atom. The second kappa shape index (κ2) is 10.9. The van der Waals surface area contributed by atoms with Gasteiger partial charge in [0.1, 0.15) is 5.75 Å². The van der Waals surface area contributed by atoms with Crippen LogP contribution in [0.5, 0.6) is 5.75 Å². The molecule has 0 spiro atoms. The van der Waals surface area contributed by atoms with Crippen LogP contribution >= 0.6 is 0 Å². The number of pyridine rings is 1. The fourth-order valence-electron chi connectivity index (χ4n) is 4.17. The van der Waals surface area contributed by atoms with Crippen LogP contribution in [0.15, 0.2) is 42.9 Å². The molecule has 3 aromatic rings. The van der Waals surface area contributed by atoms with E-state index in [4.69, 9.17) is 10.5 Å². The average Bonchev–Trinajstić information content (AvgIpc) is 3.30. The molecule has 0 bridgehead atoms. The van der Waals surface area contributed by atoms with Crippen LogP contribution in [0.3, 0.4) is 0 Å². The Kier molecular flexibility index (Phi) is 8.14. The molecule has 190 valence electrons. The topological polar surface area (TPSA) is 84.9 Å². The minimum atomic E-state index is -4.25. The lowest BCUT2D eigenvalue weighted by Gasteiger charge is -2.31. The van der Waals surface area contributed by atoms with E-state index < -0.39 is 24.7 Å². The molecule has 2 unspecified atom stereocenters. The Hall–Kier alpha value is -3.43. The Morgan fingerprint density at radius 3 is 2.66 bits per heavy atom. The Morgan fingerprint density at radius 2 is 2.03 bits per heavy atom. The van der Waals surface area contributed by atoms with Crippen molar-refractivity contribution in [2.24, 2.45) is 0 Å². The fraction of sp³-hybridized carbons (Fsp3) is 0.440. The van der Waals surface area contributed by atoms with Crippen molar-refractivity contribution in [3.8, 4) is 16.9 Å². The lowest BCUT2D eigenvalue weighted by molar-refractivity contribution is -0.136. The molecule has 35 heavy (non-hydrogen) atoms. The average molecular weight is 492 g/mol. The quantitative estimate of drug-likeness (QED) is 0.396. The van der Waals surface area contributed by atoms with Gasteiger partial charge in [-0.05, 0) is 50.5 Å². The third kappa shape index (κ3) is 6.17. The van der Waals surface area contributed by atoms with Crippen molar-refractivity contribution in [2.75, 3.05) is 19.4 Å². The molecule has 2 heterocycles. The Labute approximate surface area is 203 Å². The van der Waals surface area contributed by atoms with Crippen LogP contribution in [0.25, 0.3) is 16.8 Å². The zero-order valence-electron chi connectivity index (χ0n) is 20.4. The second-order valence-electron chi connectivity index (χ2n) is 8.47. The third-order valence-electron chi connectivity index (χ3n) is 6.20. The number of alkyl halides is 3. The van der Waals surface area contributed by atoms with Crippen LogP contribution < -0.4 is 15.8 Å². The summed E-state index contributed by atoms with van der Waals surface area (Å²) < 4.78 is 45.4. The highest BCUT2D eigenvalue weighted by Gasteiger charge is 2.29. The van der Waals surface area contributed by atoms with E-state index >= 15 is 0 Å². The maximum absolute atomic E-state index is 13.0. The SMILES string of the molecule is CCC(CCC(F)(F)F)NC(=O)N(CC)C(C)c1ccc(OC)c(-c2cc(N)c3nccn3c2)c1. The highest BCUT2D eigenvalue weighted by atomic mass is 19.4.